The second-order valence-corrected chi connectivity index (χ2v) is 5.74. The topological polar surface area (TPSA) is 69.7 Å². The lowest BCUT2D eigenvalue weighted by Crippen LogP contribution is -2.50. The van der Waals surface area contributed by atoms with Gasteiger partial charge in [-0.25, -0.2) is 4.79 Å². The third-order valence-electron chi connectivity index (χ3n) is 2.64. The summed E-state index contributed by atoms with van der Waals surface area (Å²) in [6, 6.07) is 0. The van der Waals surface area contributed by atoms with E-state index in [-0.39, 0.29) is 12.5 Å². The summed E-state index contributed by atoms with van der Waals surface area (Å²) < 4.78 is 5.23. The number of rotatable bonds is 1. The second-order valence-electron chi connectivity index (χ2n) is 5.74. The van der Waals surface area contributed by atoms with Gasteiger partial charge in [0.05, 0.1) is 0 Å². The van der Waals surface area contributed by atoms with Crippen LogP contribution in [0.4, 0.5) is 4.79 Å². The van der Waals surface area contributed by atoms with Gasteiger partial charge < -0.3 is 19.5 Å². The molecule has 0 aromatic carbocycles. The molecule has 0 aromatic rings. The highest BCUT2D eigenvalue weighted by Gasteiger charge is 2.31. The summed E-state index contributed by atoms with van der Waals surface area (Å²) in [6.07, 6.45) is 0.108. The fraction of sp³-hybridized carbons (Fsp3) is 0.833. The summed E-state index contributed by atoms with van der Waals surface area (Å²) in [6.45, 7) is 8.00. The van der Waals surface area contributed by atoms with Gasteiger partial charge in [0.1, 0.15) is 5.60 Å². The summed E-state index contributed by atoms with van der Waals surface area (Å²) in [5, 5.41) is 10.9. The molecule has 0 aromatic heterocycles. The van der Waals surface area contributed by atoms with Crippen LogP contribution in [0.25, 0.3) is 0 Å². The number of hydrogen-bond donors (Lipinski definition) is 0. The lowest BCUT2D eigenvalue weighted by Gasteiger charge is -2.37. The molecule has 0 bridgehead atoms. The maximum atomic E-state index is 11.8. The molecule has 0 radical (unpaired) electrons. The van der Waals surface area contributed by atoms with E-state index in [2.05, 4.69) is 0 Å². The van der Waals surface area contributed by atoms with Gasteiger partial charge in [-0.05, 0) is 33.1 Å². The number of likely N-dealkylation sites (tertiary alicyclic amines) is 1. The smallest absolute Gasteiger partial charge is 0.410 e. The van der Waals surface area contributed by atoms with Gasteiger partial charge in [0.15, 0.2) is 0 Å². The van der Waals surface area contributed by atoms with Crippen molar-refractivity contribution in [2.24, 2.45) is 11.8 Å². The maximum absolute atomic E-state index is 11.8. The molecule has 1 heterocycles. The zero-order valence-corrected chi connectivity index (χ0v) is 10.9. The van der Waals surface area contributed by atoms with Crippen LogP contribution in [0, 0.1) is 11.8 Å². The average molecular weight is 242 g/mol. The van der Waals surface area contributed by atoms with Gasteiger partial charge >= 0.3 is 6.09 Å². The fourth-order valence-electron chi connectivity index (χ4n) is 2.00. The first kappa shape index (κ1) is 13.8. The zero-order chi connectivity index (χ0) is 13.2. The van der Waals surface area contributed by atoms with E-state index in [1.54, 1.807) is 20.8 Å². The SMILES string of the molecule is CC1CC(C(=O)[O-])CN(C(=O)OC(C)(C)C)C1. The van der Waals surface area contributed by atoms with Crippen LogP contribution in [0.15, 0.2) is 0 Å². The monoisotopic (exact) mass is 242 g/mol. The van der Waals surface area contributed by atoms with Crippen molar-refractivity contribution in [1.29, 1.82) is 0 Å². The van der Waals surface area contributed by atoms with Crippen molar-refractivity contribution in [2.45, 2.75) is 39.7 Å². The van der Waals surface area contributed by atoms with Crippen molar-refractivity contribution in [1.82, 2.24) is 4.90 Å². The first-order valence-corrected chi connectivity index (χ1v) is 5.88. The number of aliphatic carboxylic acids is 1. The summed E-state index contributed by atoms with van der Waals surface area (Å²) in [5.74, 6) is -1.53. The van der Waals surface area contributed by atoms with Crippen LogP contribution in [-0.2, 0) is 9.53 Å². The summed E-state index contributed by atoms with van der Waals surface area (Å²) >= 11 is 0. The molecule has 0 spiro atoms. The van der Waals surface area contributed by atoms with Crippen LogP contribution in [-0.4, -0.2) is 35.7 Å². The van der Waals surface area contributed by atoms with E-state index in [1.807, 2.05) is 6.92 Å². The quantitative estimate of drug-likeness (QED) is 0.676. The Morgan fingerprint density at radius 1 is 1.29 bits per heavy atom. The van der Waals surface area contributed by atoms with Gasteiger partial charge in [-0.15, -0.1) is 0 Å². The average Bonchev–Trinajstić information content (AvgIpc) is 2.13. The van der Waals surface area contributed by atoms with Crippen molar-refractivity contribution >= 4 is 12.1 Å². The standard InChI is InChI=1S/C12H21NO4/c1-8-5-9(10(14)15)7-13(6-8)11(16)17-12(2,3)4/h8-9H,5-7H2,1-4H3,(H,14,15)/p-1. The minimum Gasteiger partial charge on any atom is -0.550 e. The molecule has 1 fully saturated rings. The molecule has 1 aliphatic heterocycles. The van der Waals surface area contributed by atoms with E-state index < -0.39 is 23.6 Å². The largest absolute Gasteiger partial charge is 0.550 e. The van der Waals surface area contributed by atoms with E-state index in [1.165, 1.54) is 4.90 Å². The molecular weight excluding hydrogens is 222 g/mol. The number of piperidine rings is 1. The van der Waals surface area contributed by atoms with E-state index in [0.29, 0.717) is 13.0 Å². The Kier molecular flexibility index (Phi) is 4.01. The van der Waals surface area contributed by atoms with E-state index in [0.717, 1.165) is 0 Å². The second kappa shape index (κ2) is 4.94. The van der Waals surface area contributed by atoms with Gasteiger partial charge in [-0.1, -0.05) is 6.92 Å². The highest BCUT2D eigenvalue weighted by molar-refractivity contribution is 5.72. The zero-order valence-electron chi connectivity index (χ0n) is 10.9. The lowest BCUT2D eigenvalue weighted by molar-refractivity contribution is -0.313. The lowest BCUT2D eigenvalue weighted by atomic mass is 9.91. The minimum absolute atomic E-state index is 0.152. The normalized spacial score (nSPS) is 25.5. The Balaban J connectivity index is 2.64. The Bertz CT molecular complexity index is 308. The number of carboxylic acids is 1. The van der Waals surface area contributed by atoms with Crippen LogP contribution < -0.4 is 5.11 Å². The van der Waals surface area contributed by atoms with Crippen LogP contribution in [0.2, 0.25) is 0 Å². The molecule has 2 unspecified atom stereocenters. The number of carbonyl (C=O) groups is 2. The van der Waals surface area contributed by atoms with Gasteiger partial charge in [-0.3, -0.25) is 0 Å². The van der Waals surface area contributed by atoms with Crippen LogP contribution >= 0.6 is 0 Å². The molecule has 2 atom stereocenters. The number of carboxylic acid groups (broad SMARTS) is 1. The Morgan fingerprint density at radius 2 is 1.88 bits per heavy atom. The Hall–Kier alpha value is -1.26. The molecule has 5 nitrogen and oxygen atoms in total. The summed E-state index contributed by atoms with van der Waals surface area (Å²) in [5.41, 5.74) is -0.561. The van der Waals surface area contributed by atoms with Crippen molar-refractivity contribution in [2.75, 3.05) is 13.1 Å². The van der Waals surface area contributed by atoms with Crippen molar-refractivity contribution < 1.29 is 19.4 Å². The van der Waals surface area contributed by atoms with Crippen molar-refractivity contribution in [3.63, 3.8) is 0 Å². The number of ether oxygens (including phenoxy) is 1. The van der Waals surface area contributed by atoms with Gasteiger partial charge in [0.2, 0.25) is 0 Å². The van der Waals surface area contributed by atoms with E-state index in [9.17, 15) is 14.7 Å². The van der Waals surface area contributed by atoms with Crippen LogP contribution in [0.1, 0.15) is 34.1 Å². The van der Waals surface area contributed by atoms with Gasteiger partial charge in [0, 0.05) is 25.0 Å². The molecule has 1 rings (SSSR count). The highest BCUT2D eigenvalue weighted by Crippen LogP contribution is 2.22. The predicted octanol–water partition coefficient (Wildman–Crippen LogP) is 0.629. The molecule has 0 aliphatic carbocycles. The van der Waals surface area contributed by atoms with Crippen molar-refractivity contribution in [3.05, 3.63) is 0 Å². The molecule has 1 saturated heterocycles. The Morgan fingerprint density at radius 3 is 2.35 bits per heavy atom. The molecule has 5 heteroatoms. The maximum Gasteiger partial charge on any atom is 0.410 e. The van der Waals surface area contributed by atoms with Gasteiger partial charge in [-0.2, -0.15) is 0 Å². The molecule has 0 saturated carbocycles. The van der Waals surface area contributed by atoms with Crippen molar-refractivity contribution in [3.8, 4) is 0 Å². The molecule has 0 N–H and O–H groups in total. The predicted molar refractivity (Wildman–Crippen MR) is 60.1 cm³/mol. The van der Waals surface area contributed by atoms with E-state index in [4.69, 9.17) is 4.74 Å². The molecule has 1 amide bonds. The number of carbonyl (C=O) groups excluding carboxylic acids is 2. The van der Waals surface area contributed by atoms with E-state index >= 15 is 0 Å². The minimum atomic E-state index is -1.09. The molecule has 98 valence electrons. The van der Waals surface area contributed by atoms with Gasteiger partial charge in [0.25, 0.3) is 0 Å². The van der Waals surface area contributed by atoms with Crippen LogP contribution in [0.3, 0.4) is 0 Å². The number of nitrogens with zero attached hydrogens (tertiary/aromatic N) is 1. The molecule has 1 aliphatic rings. The fourth-order valence-corrected chi connectivity index (χ4v) is 2.00. The first-order valence-electron chi connectivity index (χ1n) is 5.88. The summed E-state index contributed by atoms with van der Waals surface area (Å²) in [7, 11) is 0. The number of hydrogen-bond acceptors (Lipinski definition) is 4. The van der Waals surface area contributed by atoms with Crippen LogP contribution in [0.5, 0.6) is 0 Å². The third kappa shape index (κ3) is 4.24. The number of amides is 1. The summed E-state index contributed by atoms with van der Waals surface area (Å²) in [4.78, 5) is 24.1. The highest BCUT2D eigenvalue weighted by atomic mass is 16.6. The third-order valence-corrected chi connectivity index (χ3v) is 2.64. The Labute approximate surface area is 102 Å². The molecule has 17 heavy (non-hydrogen) atoms. The first-order chi connectivity index (χ1) is 7.69. The molecular formula is C12H20NO4-.